The quantitative estimate of drug-likeness (QED) is 0.586. The highest BCUT2D eigenvalue weighted by Gasteiger charge is 2.50. The SMILES string of the molecule is C=C/C=C(\C=C(/C)c1ccc(C(=O)N2CCN(C(=O)C3(O)CC3)CC2)cc1)NC(=O)C1CC(F)C1. The summed E-state index contributed by atoms with van der Waals surface area (Å²) in [4.78, 5) is 40.9. The van der Waals surface area contributed by atoms with Crippen molar-refractivity contribution in [1.29, 1.82) is 0 Å². The lowest BCUT2D eigenvalue weighted by Crippen LogP contribution is -2.53. The van der Waals surface area contributed by atoms with E-state index in [9.17, 15) is 23.9 Å². The lowest BCUT2D eigenvalue weighted by molar-refractivity contribution is -0.144. The van der Waals surface area contributed by atoms with E-state index >= 15 is 0 Å². The van der Waals surface area contributed by atoms with Gasteiger partial charge in [-0.2, -0.15) is 0 Å². The minimum atomic E-state index is -1.18. The van der Waals surface area contributed by atoms with Crippen LogP contribution in [0, 0.1) is 5.92 Å². The molecule has 2 aliphatic carbocycles. The van der Waals surface area contributed by atoms with Crippen LogP contribution in [0.1, 0.15) is 48.5 Å². The summed E-state index contributed by atoms with van der Waals surface area (Å²) < 4.78 is 13.1. The number of nitrogens with zero attached hydrogens (tertiary/aromatic N) is 2. The zero-order chi connectivity index (χ0) is 25.2. The highest BCUT2D eigenvalue weighted by Crippen LogP contribution is 2.37. The summed E-state index contributed by atoms with van der Waals surface area (Å²) in [6.45, 7) is 7.30. The second-order valence-electron chi connectivity index (χ2n) is 9.63. The van der Waals surface area contributed by atoms with Crippen LogP contribution >= 0.6 is 0 Å². The van der Waals surface area contributed by atoms with Crippen LogP contribution in [0.15, 0.2) is 54.8 Å². The van der Waals surface area contributed by atoms with Gasteiger partial charge in [0.05, 0.1) is 0 Å². The summed E-state index contributed by atoms with van der Waals surface area (Å²) in [6, 6.07) is 7.25. The molecular formula is C27H32FN3O4. The summed E-state index contributed by atoms with van der Waals surface area (Å²) in [7, 11) is 0. The van der Waals surface area contributed by atoms with Crippen molar-refractivity contribution in [1.82, 2.24) is 15.1 Å². The Bertz CT molecular complexity index is 1060. The topological polar surface area (TPSA) is 90.0 Å². The molecule has 0 unspecified atom stereocenters. The number of aliphatic hydroxyl groups is 1. The molecule has 4 rings (SSSR count). The molecule has 1 aromatic rings. The fourth-order valence-corrected chi connectivity index (χ4v) is 4.37. The molecule has 0 aromatic heterocycles. The van der Waals surface area contributed by atoms with E-state index in [0.29, 0.717) is 50.3 Å². The first-order chi connectivity index (χ1) is 16.7. The Kier molecular flexibility index (Phi) is 7.21. The number of carbonyl (C=O) groups is 3. The lowest BCUT2D eigenvalue weighted by Gasteiger charge is -2.35. The van der Waals surface area contributed by atoms with E-state index in [1.54, 1.807) is 34.1 Å². The van der Waals surface area contributed by atoms with Crippen molar-refractivity contribution in [3.63, 3.8) is 0 Å². The highest BCUT2D eigenvalue weighted by molar-refractivity contribution is 5.95. The van der Waals surface area contributed by atoms with E-state index in [2.05, 4.69) is 11.9 Å². The number of amides is 3. The van der Waals surface area contributed by atoms with Crippen LogP contribution in [0.3, 0.4) is 0 Å². The average Bonchev–Trinajstić information content (AvgIpc) is 3.59. The first-order valence-electron chi connectivity index (χ1n) is 12.1. The molecule has 1 aliphatic heterocycles. The van der Waals surface area contributed by atoms with Crippen molar-refractivity contribution in [2.24, 2.45) is 5.92 Å². The highest BCUT2D eigenvalue weighted by atomic mass is 19.1. The molecule has 35 heavy (non-hydrogen) atoms. The Morgan fingerprint density at radius 2 is 1.63 bits per heavy atom. The summed E-state index contributed by atoms with van der Waals surface area (Å²) in [5, 5.41) is 12.9. The lowest BCUT2D eigenvalue weighted by atomic mass is 9.83. The van der Waals surface area contributed by atoms with Crippen LogP contribution in [0.25, 0.3) is 5.57 Å². The maximum atomic E-state index is 13.1. The molecule has 3 aliphatic rings. The Morgan fingerprint density at radius 1 is 1.06 bits per heavy atom. The van der Waals surface area contributed by atoms with E-state index in [-0.39, 0.29) is 36.5 Å². The van der Waals surface area contributed by atoms with Gasteiger partial charge in [-0.25, -0.2) is 4.39 Å². The van der Waals surface area contributed by atoms with E-state index in [4.69, 9.17) is 0 Å². The van der Waals surface area contributed by atoms with E-state index < -0.39 is 11.8 Å². The first kappa shape index (κ1) is 24.9. The van der Waals surface area contributed by atoms with Gasteiger partial charge in [-0.15, -0.1) is 0 Å². The summed E-state index contributed by atoms with van der Waals surface area (Å²) >= 11 is 0. The van der Waals surface area contributed by atoms with E-state index in [0.717, 1.165) is 11.1 Å². The number of carbonyl (C=O) groups excluding carboxylic acids is 3. The van der Waals surface area contributed by atoms with Crippen LogP contribution in [-0.2, 0) is 9.59 Å². The van der Waals surface area contributed by atoms with Gasteiger partial charge in [-0.1, -0.05) is 24.8 Å². The molecule has 3 fully saturated rings. The van der Waals surface area contributed by atoms with Gasteiger partial charge in [0, 0.05) is 43.4 Å². The van der Waals surface area contributed by atoms with Crippen molar-refractivity contribution < 1.29 is 23.9 Å². The fraction of sp³-hybridized carbons (Fsp3) is 0.444. The molecule has 0 bridgehead atoms. The van der Waals surface area contributed by atoms with Crippen LogP contribution in [0.4, 0.5) is 4.39 Å². The van der Waals surface area contributed by atoms with Crippen LogP contribution in [0.5, 0.6) is 0 Å². The minimum Gasteiger partial charge on any atom is -0.380 e. The molecule has 1 aromatic carbocycles. The molecule has 8 heteroatoms. The van der Waals surface area contributed by atoms with Gasteiger partial charge in [0.1, 0.15) is 11.8 Å². The summed E-state index contributed by atoms with van der Waals surface area (Å²) in [6.07, 6.45) is 5.77. The Hall–Kier alpha value is -3.26. The second kappa shape index (κ2) is 10.2. The molecule has 2 N–H and O–H groups in total. The largest absolute Gasteiger partial charge is 0.380 e. The zero-order valence-corrected chi connectivity index (χ0v) is 20.0. The number of nitrogens with one attached hydrogen (secondary N) is 1. The zero-order valence-electron chi connectivity index (χ0n) is 20.0. The van der Waals surface area contributed by atoms with Gasteiger partial charge in [-0.3, -0.25) is 14.4 Å². The number of hydrogen-bond donors (Lipinski definition) is 2. The maximum absolute atomic E-state index is 13.1. The Labute approximate surface area is 205 Å². The number of allylic oxidation sites excluding steroid dienone is 4. The third kappa shape index (κ3) is 5.70. The summed E-state index contributed by atoms with van der Waals surface area (Å²) in [5.41, 5.74) is 1.74. The number of hydrogen-bond acceptors (Lipinski definition) is 4. The molecule has 0 spiro atoms. The third-order valence-corrected chi connectivity index (χ3v) is 6.95. The number of rotatable bonds is 7. The van der Waals surface area contributed by atoms with Crippen molar-refractivity contribution in [3.8, 4) is 0 Å². The van der Waals surface area contributed by atoms with Gasteiger partial charge < -0.3 is 20.2 Å². The molecule has 1 saturated heterocycles. The smallest absolute Gasteiger partial charge is 0.254 e. The molecule has 1 heterocycles. The van der Waals surface area contributed by atoms with Crippen molar-refractivity contribution in [2.75, 3.05) is 26.2 Å². The predicted molar refractivity (Wildman–Crippen MR) is 131 cm³/mol. The maximum Gasteiger partial charge on any atom is 0.254 e. The van der Waals surface area contributed by atoms with Gasteiger partial charge in [-0.05, 0) is 68.0 Å². The van der Waals surface area contributed by atoms with Gasteiger partial charge in [0.15, 0.2) is 0 Å². The molecule has 3 amide bonds. The van der Waals surface area contributed by atoms with Crippen molar-refractivity contribution in [3.05, 3.63) is 65.9 Å². The predicted octanol–water partition coefficient (Wildman–Crippen LogP) is 2.83. The van der Waals surface area contributed by atoms with E-state index in [1.165, 1.54) is 0 Å². The number of halogens is 1. The van der Waals surface area contributed by atoms with Crippen LogP contribution < -0.4 is 5.32 Å². The standard InChI is InChI=1S/C27H32FN3O4/c1-3-4-23(29-24(32)21-16-22(28)17-21)15-18(2)19-5-7-20(8-6-19)25(33)30-11-13-31(14-12-30)26(34)27(35)9-10-27/h3-8,15,21-22,35H,1,9-14,16-17H2,2H3,(H,29,32)/b18-15+,23-4+. The van der Waals surface area contributed by atoms with Crippen LogP contribution in [-0.4, -0.2) is 70.6 Å². The number of alkyl halides is 1. The van der Waals surface area contributed by atoms with Crippen molar-refractivity contribution >= 4 is 23.3 Å². The third-order valence-electron chi connectivity index (χ3n) is 6.95. The number of benzene rings is 1. The second-order valence-corrected chi connectivity index (χ2v) is 9.63. The Morgan fingerprint density at radius 3 is 2.17 bits per heavy atom. The normalized spacial score (nSPS) is 23.9. The van der Waals surface area contributed by atoms with Gasteiger partial charge >= 0.3 is 0 Å². The average molecular weight is 482 g/mol. The number of piperazine rings is 1. The molecular weight excluding hydrogens is 449 g/mol. The molecule has 186 valence electrons. The molecule has 0 atom stereocenters. The fourth-order valence-electron chi connectivity index (χ4n) is 4.37. The van der Waals surface area contributed by atoms with Crippen LogP contribution in [0.2, 0.25) is 0 Å². The van der Waals surface area contributed by atoms with Gasteiger partial charge in [0.2, 0.25) is 5.91 Å². The molecule has 2 saturated carbocycles. The minimum absolute atomic E-state index is 0.0958. The monoisotopic (exact) mass is 481 g/mol. The first-order valence-corrected chi connectivity index (χ1v) is 12.1. The van der Waals surface area contributed by atoms with Crippen molar-refractivity contribution in [2.45, 2.75) is 44.4 Å². The molecule has 7 nitrogen and oxygen atoms in total. The summed E-state index contributed by atoms with van der Waals surface area (Å²) in [5.74, 6) is -0.807. The Balaban J connectivity index is 1.35. The molecule has 0 radical (unpaired) electrons. The van der Waals surface area contributed by atoms with Gasteiger partial charge in [0.25, 0.3) is 11.8 Å². The van der Waals surface area contributed by atoms with E-state index in [1.807, 2.05) is 25.1 Å².